The van der Waals surface area contributed by atoms with E-state index in [-0.39, 0.29) is 5.82 Å². The zero-order valence-electron chi connectivity index (χ0n) is 10.2. The van der Waals surface area contributed by atoms with Gasteiger partial charge in [0.25, 0.3) is 0 Å². The molecule has 0 saturated heterocycles. The minimum Gasteiger partial charge on any atom is -0.397 e. The van der Waals surface area contributed by atoms with Gasteiger partial charge in [-0.25, -0.2) is 4.39 Å². The summed E-state index contributed by atoms with van der Waals surface area (Å²) in [5, 5.41) is 8.84. The Morgan fingerprint density at radius 3 is 2.74 bits per heavy atom. The van der Waals surface area contributed by atoms with Crippen LogP contribution >= 0.6 is 0 Å². The summed E-state index contributed by atoms with van der Waals surface area (Å²) in [6.07, 6.45) is 0.870. The Hall–Kier alpha value is -2.54. The van der Waals surface area contributed by atoms with Gasteiger partial charge in [0.05, 0.1) is 23.0 Å². The second-order valence-electron chi connectivity index (χ2n) is 4.56. The molecule has 94 valence electrons. The van der Waals surface area contributed by atoms with E-state index in [1.165, 1.54) is 12.1 Å². The van der Waals surface area contributed by atoms with Crippen LogP contribution in [-0.4, -0.2) is 6.54 Å². The van der Waals surface area contributed by atoms with Gasteiger partial charge >= 0.3 is 0 Å². The molecule has 3 nitrogen and oxygen atoms in total. The van der Waals surface area contributed by atoms with E-state index in [1.54, 1.807) is 12.1 Å². The highest BCUT2D eigenvalue weighted by atomic mass is 19.1. The van der Waals surface area contributed by atoms with Gasteiger partial charge in [0.15, 0.2) is 0 Å². The second-order valence-corrected chi connectivity index (χ2v) is 4.56. The first kappa shape index (κ1) is 11.5. The molecule has 2 aromatic rings. The average Bonchev–Trinajstić information content (AvgIpc) is 2.81. The number of nitrogens with zero attached hydrogens (tertiary/aromatic N) is 2. The highest BCUT2D eigenvalue weighted by Crippen LogP contribution is 2.37. The predicted molar refractivity (Wildman–Crippen MR) is 72.7 cm³/mol. The SMILES string of the molecule is N#Cc1ccc(N2CCc3ccc(F)cc32)c(N)c1. The number of halogens is 1. The maximum Gasteiger partial charge on any atom is 0.125 e. The predicted octanol–water partition coefficient (Wildman–Crippen LogP) is 2.97. The topological polar surface area (TPSA) is 53.0 Å². The summed E-state index contributed by atoms with van der Waals surface area (Å²) in [6, 6.07) is 12.1. The van der Waals surface area contributed by atoms with Crippen LogP contribution < -0.4 is 10.6 Å². The number of benzene rings is 2. The molecule has 19 heavy (non-hydrogen) atoms. The van der Waals surface area contributed by atoms with Crippen LogP contribution in [0.25, 0.3) is 0 Å². The maximum atomic E-state index is 13.4. The van der Waals surface area contributed by atoms with Crippen LogP contribution in [0.4, 0.5) is 21.5 Å². The van der Waals surface area contributed by atoms with Crippen LogP contribution in [0.1, 0.15) is 11.1 Å². The number of nitrogens with two attached hydrogens (primary N) is 1. The van der Waals surface area contributed by atoms with Crippen molar-refractivity contribution in [2.75, 3.05) is 17.2 Å². The van der Waals surface area contributed by atoms with Crippen molar-refractivity contribution in [2.24, 2.45) is 0 Å². The zero-order valence-corrected chi connectivity index (χ0v) is 10.2. The number of hydrogen-bond donors (Lipinski definition) is 1. The summed E-state index contributed by atoms with van der Waals surface area (Å²) in [4.78, 5) is 1.99. The third-order valence-electron chi connectivity index (χ3n) is 3.39. The van der Waals surface area contributed by atoms with E-state index in [2.05, 4.69) is 6.07 Å². The molecule has 2 aromatic carbocycles. The number of hydrogen-bond acceptors (Lipinski definition) is 3. The fourth-order valence-corrected chi connectivity index (χ4v) is 2.47. The largest absolute Gasteiger partial charge is 0.397 e. The standard InChI is InChI=1S/C15H12FN3/c16-12-3-2-11-5-6-19(15(11)8-12)14-4-1-10(9-17)7-13(14)18/h1-4,7-8H,5-6,18H2. The van der Waals surface area contributed by atoms with Crippen LogP contribution in [0.15, 0.2) is 36.4 Å². The molecule has 0 aromatic heterocycles. The van der Waals surface area contributed by atoms with Gasteiger partial charge < -0.3 is 10.6 Å². The third kappa shape index (κ3) is 1.89. The Bertz CT molecular complexity index is 688. The molecule has 0 fully saturated rings. The molecule has 0 atom stereocenters. The number of fused-ring (bicyclic) bond motifs is 1. The van der Waals surface area contributed by atoms with Gasteiger partial charge in [-0.05, 0) is 42.3 Å². The molecular weight excluding hydrogens is 241 g/mol. The Kier molecular flexibility index (Phi) is 2.60. The van der Waals surface area contributed by atoms with E-state index in [4.69, 9.17) is 11.0 Å². The van der Waals surface area contributed by atoms with Gasteiger partial charge in [-0.2, -0.15) is 5.26 Å². The molecular formula is C15H12FN3. The second kappa shape index (κ2) is 4.29. The number of nitriles is 1. The monoisotopic (exact) mass is 253 g/mol. The molecule has 0 saturated carbocycles. The van der Waals surface area contributed by atoms with Crippen LogP contribution in [0, 0.1) is 17.1 Å². The molecule has 0 amide bonds. The lowest BCUT2D eigenvalue weighted by atomic mass is 10.1. The maximum absolute atomic E-state index is 13.4. The first-order valence-corrected chi connectivity index (χ1v) is 6.04. The van der Waals surface area contributed by atoms with E-state index < -0.39 is 0 Å². The van der Waals surface area contributed by atoms with Crippen LogP contribution in [0.5, 0.6) is 0 Å². The van der Waals surface area contributed by atoms with Crippen molar-refractivity contribution in [1.29, 1.82) is 5.26 Å². The van der Waals surface area contributed by atoms with Crippen molar-refractivity contribution in [2.45, 2.75) is 6.42 Å². The van der Waals surface area contributed by atoms with E-state index in [1.807, 2.05) is 17.0 Å². The fourth-order valence-electron chi connectivity index (χ4n) is 2.47. The zero-order chi connectivity index (χ0) is 13.4. The van der Waals surface area contributed by atoms with Crippen molar-refractivity contribution in [3.63, 3.8) is 0 Å². The first-order chi connectivity index (χ1) is 9.19. The molecule has 0 bridgehead atoms. The molecule has 0 unspecified atom stereocenters. The van der Waals surface area contributed by atoms with E-state index in [9.17, 15) is 4.39 Å². The first-order valence-electron chi connectivity index (χ1n) is 6.04. The molecule has 4 heteroatoms. The summed E-state index contributed by atoms with van der Waals surface area (Å²) in [5.41, 5.74) is 9.85. The summed E-state index contributed by atoms with van der Waals surface area (Å²) in [5.74, 6) is -0.252. The van der Waals surface area contributed by atoms with Crippen molar-refractivity contribution < 1.29 is 4.39 Å². The highest BCUT2D eigenvalue weighted by molar-refractivity contribution is 5.79. The molecule has 1 heterocycles. The van der Waals surface area contributed by atoms with Crippen molar-refractivity contribution >= 4 is 17.1 Å². The molecule has 2 N–H and O–H groups in total. The van der Waals surface area contributed by atoms with Crippen LogP contribution in [-0.2, 0) is 6.42 Å². The molecule has 0 spiro atoms. The van der Waals surface area contributed by atoms with E-state index >= 15 is 0 Å². The Morgan fingerprint density at radius 1 is 1.16 bits per heavy atom. The van der Waals surface area contributed by atoms with Crippen molar-refractivity contribution in [3.05, 3.63) is 53.3 Å². The number of anilines is 3. The minimum absolute atomic E-state index is 0.252. The van der Waals surface area contributed by atoms with Gasteiger partial charge in [-0.15, -0.1) is 0 Å². The Balaban J connectivity index is 2.07. The number of rotatable bonds is 1. The normalized spacial score (nSPS) is 13.2. The molecule has 1 aliphatic rings. The summed E-state index contributed by atoms with van der Waals surface area (Å²) in [7, 11) is 0. The molecule has 0 radical (unpaired) electrons. The summed E-state index contributed by atoms with van der Waals surface area (Å²) < 4.78 is 13.4. The van der Waals surface area contributed by atoms with Gasteiger partial charge in [-0.3, -0.25) is 0 Å². The van der Waals surface area contributed by atoms with Crippen LogP contribution in [0.3, 0.4) is 0 Å². The lowest BCUT2D eigenvalue weighted by Gasteiger charge is -2.21. The molecule has 0 aliphatic carbocycles. The van der Waals surface area contributed by atoms with Gasteiger partial charge in [0.2, 0.25) is 0 Å². The summed E-state index contributed by atoms with van der Waals surface area (Å²) >= 11 is 0. The minimum atomic E-state index is -0.252. The lowest BCUT2D eigenvalue weighted by Crippen LogP contribution is -2.15. The lowest BCUT2D eigenvalue weighted by molar-refractivity contribution is 0.628. The fraction of sp³-hybridized carbons (Fsp3) is 0.133. The average molecular weight is 253 g/mol. The number of nitrogen functional groups attached to an aromatic ring is 1. The van der Waals surface area contributed by atoms with E-state index in [0.29, 0.717) is 11.3 Å². The molecule has 3 rings (SSSR count). The summed E-state index contributed by atoms with van der Waals surface area (Å²) in [6.45, 7) is 0.773. The Morgan fingerprint density at radius 2 is 2.00 bits per heavy atom. The molecule has 1 aliphatic heterocycles. The smallest absolute Gasteiger partial charge is 0.125 e. The van der Waals surface area contributed by atoms with Gasteiger partial charge in [-0.1, -0.05) is 6.07 Å². The third-order valence-corrected chi connectivity index (χ3v) is 3.39. The van der Waals surface area contributed by atoms with E-state index in [0.717, 1.165) is 29.9 Å². The quantitative estimate of drug-likeness (QED) is 0.795. The highest BCUT2D eigenvalue weighted by Gasteiger charge is 2.22. The van der Waals surface area contributed by atoms with Gasteiger partial charge in [0.1, 0.15) is 5.82 Å². The van der Waals surface area contributed by atoms with Crippen LogP contribution in [0.2, 0.25) is 0 Å². The van der Waals surface area contributed by atoms with Crippen molar-refractivity contribution in [3.8, 4) is 6.07 Å². The van der Waals surface area contributed by atoms with Crippen molar-refractivity contribution in [1.82, 2.24) is 0 Å². The Labute approximate surface area is 110 Å². The van der Waals surface area contributed by atoms with Gasteiger partial charge in [0, 0.05) is 12.2 Å².